The number of amides is 2. The van der Waals surface area contributed by atoms with Crippen LogP contribution in [0.4, 0.5) is 0 Å². The van der Waals surface area contributed by atoms with Gasteiger partial charge in [0, 0.05) is 17.8 Å². The summed E-state index contributed by atoms with van der Waals surface area (Å²) in [5, 5.41) is 0. The molecule has 0 aromatic carbocycles. The average molecular weight is 282 g/mol. The number of piperazine rings is 1. The molecule has 0 radical (unpaired) electrons. The van der Waals surface area contributed by atoms with Gasteiger partial charge in [0.2, 0.25) is 11.8 Å². The molecule has 2 aliphatic heterocycles. The lowest BCUT2D eigenvalue weighted by molar-refractivity contribution is -0.162. The van der Waals surface area contributed by atoms with Crippen molar-refractivity contribution < 1.29 is 9.59 Å². The molecule has 2 saturated heterocycles. The fraction of sp³-hybridized carbons (Fsp3) is 0.857. The zero-order chi connectivity index (χ0) is 13.6. The summed E-state index contributed by atoms with van der Waals surface area (Å²) in [5.74, 6) is 0.341. The molecule has 1 saturated carbocycles. The molecule has 0 N–H and O–H groups in total. The van der Waals surface area contributed by atoms with Gasteiger partial charge in [-0.1, -0.05) is 0 Å². The smallest absolute Gasteiger partial charge is 0.246 e. The Hall–Kier alpha value is -0.710. The second-order valence-electron chi connectivity index (χ2n) is 6.07. The Kier molecular flexibility index (Phi) is 3.28. The highest BCUT2D eigenvalue weighted by Gasteiger charge is 2.50. The Morgan fingerprint density at radius 2 is 2.00 bits per heavy atom. The number of carbonyl (C=O) groups is 2. The minimum Gasteiger partial charge on any atom is -0.329 e. The minimum absolute atomic E-state index is 0.154. The van der Waals surface area contributed by atoms with Crippen molar-refractivity contribution in [1.29, 1.82) is 0 Å². The van der Waals surface area contributed by atoms with Gasteiger partial charge >= 0.3 is 0 Å². The van der Waals surface area contributed by atoms with E-state index in [1.54, 1.807) is 0 Å². The van der Waals surface area contributed by atoms with Crippen LogP contribution in [0.5, 0.6) is 0 Å². The number of fused-ring (bicyclic) bond motifs is 1. The van der Waals surface area contributed by atoms with Gasteiger partial charge in [0.05, 0.1) is 0 Å². The van der Waals surface area contributed by atoms with Crippen LogP contribution in [0.3, 0.4) is 0 Å². The van der Waals surface area contributed by atoms with Gasteiger partial charge in [-0.3, -0.25) is 9.59 Å². The Balaban J connectivity index is 1.80. The summed E-state index contributed by atoms with van der Waals surface area (Å²) < 4.78 is 0.237. The second kappa shape index (κ2) is 4.69. The van der Waals surface area contributed by atoms with E-state index < -0.39 is 0 Å². The predicted octanol–water partition coefficient (Wildman–Crippen LogP) is 1.49. The van der Waals surface area contributed by atoms with Gasteiger partial charge in [-0.2, -0.15) is 11.8 Å². The van der Waals surface area contributed by atoms with Crippen LogP contribution in [0.15, 0.2) is 0 Å². The number of nitrogens with zero attached hydrogens (tertiary/aromatic N) is 2. The van der Waals surface area contributed by atoms with Crippen LogP contribution in [0.1, 0.15) is 39.0 Å². The van der Waals surface area contributed by atoms with Gasteiger partial charge in [-0.25, -0.2) is 0 Å². The van der Waals surface area contributed by atoms with Gasteiger partial charge in [0.15, 0.2) is 0 Å². The molecule has 3 aliphatic rings. The third-order valence-electron chi connectivity index (χ3n) is 4.88. The van der Waals surface area contributed by atoms with Crippen LogP contribution in [0.25, 0.3) is 0 Å². The molecular weight excluding hydrogens is 260 g/mol. The van der Waals surface area contributed by atoms with Crippen molar-refractivity contribution in [1.82, 2.24) is 9.80 Å². The third-order valence-corrected chi connectivity index (χ3v) is 6.28. The van der Waals surface area contributed by atoms with Gasteiger partial charge in [-0.15, -0.1) is 0 Å². The van der Waals surface area contributed by atoms with E-state index in [9.17, 15) is 9.59 Å². The standard InChI is InChI=1S/C14H22N2O2S/c1-10-12(17)15-8-4-3-5-11(15)13(18)16(10)9-14(19-2)6-7-14/h10-11H,3-9H2,1-2H3. The van der Waals surface area contributed by atoms with Gasteiger partial charge < -0.3 is 9.80 Å². The summed E-state index contributed by atoms with van der Waals surface area (Å²) >= 11 is 1.85. The van der Waals surface area contributed by atoms with Crippen LogP contribution in [-0.4, -0.2) is 57.8 Å². The SMILES string of the molecule is CSC1(CN2C(=O)C3CCCCN3C(=O)C2C)CC1. The molecule has 3 fully saturated rings. The fourth-order valence-electron chi connectivity index (χ4n) is 3.30. The lowest BCUT2D eigenvalue weighted by Gasteiger charge is -2.46. The van der Waals surface area contributed by atoms with Crippen LogP contribution in [0, 0.1) is 0 Å². The maximum atomic E-state index is 12.7. The number of piperidine rings is 1. The molecule has 19 heavy (non-hydrogen) atoms. The molecule has 1 aliphatic carbocycles. The normalized spacial score (nSPS) is 33.4. The van der Waals surface area contributed by atoms with Crippen LogP contribution < -0.4 is 0 Å². The van der Waals surface area contributed by atoms with Crippen molar-refractivity contribution in [2.24, 2.45) is 0 Å². The molecule has 2 heterocycles. The molecule has 0 aromatic rings. The Bertz CT molecular complexity index is 408. The number of thioether (sulfide) groups is 1. The summed E-state index contributed by atoms with van der Waals surface area (Å²) in [6.07, 6.45) is 7.41. The topological polar surface area (TPSA) is 40.6 Å². The van der Waals surface area contributed by atoms with Crippen molar-refractivity contribution in [3.05, 3.63) is 0 Å². The summed E-state index contributed by atoms with van der Waals surface area (Å²) in [7, 11) is 0. The van der Waals surface area contributed by atoms with E-state index in [2.05, 4.69) is 6.26 Å². The van der Waals surface area contributed by atoms with Crippen LogP contribution >= 0.6 is 11.8 Å². The molecule has 0 spiro atoms. The van der Waals surface area contributed by atoms with Crippen molar-refractivity contribution in [2.75, 3.05) is 19.3 Å². The third kappa shape index (κ3) is 2.16. The highest BCUT2D eigenvalue weighted by Crippen LogP contribution is 2.48. The molecule has 2 amide bonds. The largest absolute Gasteiger partial charge is 0.329 e. The second-order valence-corrected chi connectivity index (χ2v) is 7.35. The molecule has 0 bridgehead atoms. The number of hydrogen-bond donors (Lipinski definition) is 0. The monoisotopic (exact) mass is 282 g/mol. The lowest BCUT2D eigenvalue weighted by atomic mass is 9.95. The minimum atomic E-state index is -0.272. The first-order valence-electron chi connectivity index (χ1n) is 7.24. The molecule has 4 nitrogen and oxygen atoms in total. The van der Waals surface area contributed by atoms with Gasteiger partial charge in [0.1, 0.15) is 12.1 Å². The highest BCUT2D eigenvalue weighted by molar-refractivity contribution is 8.00. The number of rotatable bonds is 3. The fourth-order valence-corrected chi connectivity index (χ4v) is 4.08. The maximum Gasteiger partial charge on any atom is 0.246 e. The Labute approximate surface area is 118 Å². The number of carbonyl (C=O) groups excluding carboxylic acids is 2. The van der Waals surface area contributed by atoms with E-state index in [1.807, 2.05) is 28.5 Å². The Morgan fingerprint density at radius 1 is 1.26 bits per heavy atom. The maximum absolute atomic E-state index is 12.7. The first-order chi connectivity index (χ1) is 9.08. The summed E-state index contributed by atoms with van der Waals surface area (Å²) in [6.45, 7) is 3.41. The van der Waals surface area contributed by atoms with E-state index in [1.165, 1.54) is 12.8 Å². The first-order valence-corrected chi connectivity index (χ1v) is 8.47. The molecule has 2 atom stereocenters. The molecule has 0 aromatic heterocycles. The van der Waals surface area contributed by atoms with E-state index in [0.29, 0.717) is 0 Å². The van der Waals surface area contributed by atoms with Crippen molar-refractivity contribution >= 4 is 23.6 Å². The van der Waals surface area contributed by atoms with E-state index in [-0.39, 0.29) is 28.6 Å². The van der Waals surface area contributed by atoms with E-state index in [0.717, 1.165) is 32.4 Å². The summed E-state index contributed by atoms with van der Waals surface area (Å²) in [6, 6.07) is -0.443. The van der Waals surface area contributed by atoms with Crippen molar-refractivity contribution in [2.45, 2.75) is 55.9 Å². The quantitative estimate of drug-likeness (QED) is 0.787. The first kappa shape index (κ1) is 13.3. The summed E-state index contributed by atoms with van der Waals surface area (Å²) in [4.78, 5) is 28.8. The molecule has 3 rings (SSSR count). The molecular formula is C14H22N2O2S. The van der Waals surface area contributed by atoms with Crippen LogP contribution in [0.2, 0.25) is 0 Å². The molecule has 5 heteroatoms. The van der Waals surface area contributed by atoms with Gasteiger partial charge in [0.25, 0.3) is 0 Å². The van der Waals surface area contributed by atoms with E-state index >= 15 is 0 Å². The predicted molar refractivity (Wildman–Crippen MR) is 76.0 cm³/mol. The van der Waals surface area contributed by atoms with Gasteiger partial charge in [-0.05, 0) is 45.3 Å². The van der Waals surface area contributed by atoms with Crippen molar-refractivity contribution in [3.8, 4) is 0 Å². The van der Waals surface area contributed by atoms with E-state index in [4.69, 9.17) is 0 Å². The highest BCUT2D eigenvalue weighted by atomic mass is 32.2. The number of hydrogen-bond acceptors (Lipinski definition) is 3. The zero-order valence-corrected chi connectivity index (χ0v) is 12.5. The average Bonchev–Trinajstić information content (AvgIpc) is 3.22. The Morgan fingerprint density at radius 3 is 2.63 bits per heavy atom. The zero-order valence-electron chi connectivity index (χ0n) is 11.7. The van der Waals surface area contributed by atoms with Crippen molar-refractivity contribution in [3.63, 3.8) is 0 Å². The summed E-state index contributed by atoms with van der Waals surface area (Å²) in [5.41, 5.74) is 0. The molecule has 2 unspecified atom stereocenters. The molecule has 106 valence electrons. The van der Waals surface area contributed by atoms with Crippen LogP contribution in [-0.2, 0) is 9.59 Å². The lowest BCUT2D eigenvalue weighted by Crippen LogP contribution is -2.65.